The van der Waals surface area contributed by atoms with Crippen LogP contribution in [0.3, 0.4) is 0 Å². The number of fused-ring (bicyclic) bond motifs is 1. The van der Waals surface area contributed by atoms with Gasteiger partial charge in [-0.25, -0.2) is 13.1 Å². The molecule has 0 spiro atoms. The third-order valence-electron chi connectivity index (χ3n) is 3.98. The predicted molar refractivity (Wildman–Crippen MR) is 85.8 cm³/mol. The Bertz CT molecular complexity index is 886. The van der Waals surface area contributed by atoms with Gasteiger partial charge in [-0.2, -0.15) is 5.26 Å². The summed E-state index contributed by atoms with van der Waals surface area (Å²) in [6.45, 7) is 0.567. The summed E-state index contributed by atoms with van der Waals surface area (Å²) in [5, 5.41) is 20.6. The first-order valence-corrected chi connectivity index (χ1v) is 8.92. The van der Waals surface area contributed by atoms with Crippen molar-refractivity contribution < 1.29 is 18.3 Å². The molecule has 123 valence electrons. The third kappa shape index (κ3) is 3.20. The van der Waals surface area contributed by atoms with Gasteiger partial charge in [-0.1, -0.05) is 12.1 Å². The first-order chi connectivity index (χ1) is 11.5. The number of benzene rings is 2. The van der Waals surface area contributed by atoms with Crippen molar-refractivity contribution in [2.75, 3.05) is 13.2 Å². The first kappa shape index (κ1) is 16.3. The number of sulfonamides is 1. The van der Waals surface area contributed by atoms with Gasteiger partial charge in [0.15, 0.2) is 5.75 Å². The van der Waals surface area contributed by atoms with Crippen LogP contribution in [0.5, 0.6) is 11.5 Å². The predicted octanol–water partition coefficient (Wildman–Crippen LogP) is 2.55. The molecule has 3 rings (SSSR count). The van der Waals surface area contributed by atoms with E-state index in [-0.39, 0.29) is 23.1 Å². The molecule has 2 aromatic rings. The van der Waals surface area contributed by atoms with Crippen molar-refractivity contribution in [2.45, 2.75) is 17.2 Å². The minimum Gasteiger partial charge on any atom is -0.489 e. The van der Waals surface area contributed by atoms with Crippen molar-refractivity contribution in [3.63, 3.8) is 0 Å². The van der Waals surface area contributed by atoms with E-state index in [1.165, 1.54) is 30.3 Å². The maximum atomic E-state index is 12.4. The SMILES string of the molecule is N#Cc1ccc(S(=O)(=O)NCC2CCOc3c([O])cccc32)cc1. The maximum Gasteiger partial charge on any atom is 0.240 e. The molecule has 0 aromatic heterocycles. The van der Waals surface area contributed by atoms with Gasteiger partial charge in [-0.05, 0) is 36.8 Å². The number of nitriles is 1. The molecule has 1 aliphatic rings. The van der Waals surface area contributed by atoms with Gasteiger partial charge in [0, 0.05) is 18.0 Å². The zero-order valence-corrected chi connectivity index (χ0v) is 13.5. The summed E-state index contributed by atoms with van der Waals surface area (Å²) < 4.78 is 32.7. The van der Waals surface area contributed by atoms with Crippen LogP contribution in [0.15, 0.2) is 47.4 Å². The van der Waals surface area contributed by atoms with Gasteiger partial charge in [-0.15, -0.1) is 0 Å². The fraction of sp³-hybridized carbons (Fsp3) is 0.235. The highest BCUT2D eigenvalue weighted by molar-refractivity contribution is 7.89. The van der Waals surface area contributed by atoms with Crippen LogP contribution in [-0.2, 0) is 15.1 Å². The lowest BCUT2D eigenvalue weighted by Gasteiger charge is -2.26. The highest BCUT2D eigenvalue weighted by atomic mass is 32.2. The molecule has 7 heteroatoms. The van der Waals surface area contributed by atoms with Crippen molar-refractivity contribution in [3.8, 4) is 17.6 Å². The van der Waals surface area contributed by atoms with Crippen LogP contribution in [0.25, 0.3) is 0 Å². The van der Waals surface area contributed by atoms with Crippen LogP contribution >= 0.6 is 0 Å². The van der Waals surface area contributed by atoms with E-state index in [0.717, 1.165) is 5.56 Å². The lowest BCUT2D eigenvalue weighted by molar-refractivity contribution is 0.240. The summed E-state index contributed by atoms with van der Waals surface area (Å²) in [6, 6.07) is 12.5. The second kappa shape index (κ2) is 6.51. The third-order valence-corrected chi connectivity index (χ3v) is 5.41. The largest absolute Gasteiger partial charge is 0.489 e. The monoisotopic (exact) mass is 343 g/mol. The Labute approximate surface area is 140 Å². The molecule has 6 nitrogen and oxygen atoms in total. The zero-order chi connectivity index (χ0) is 17.2. The van der Waals surface area contributed by atoms with Crippen LogP contribution in [0, 0.1) is 11.3 Å². The molecule has 1 radical (unpaired) electrons. The molecule has 1 unspecified atom stereocenters. The smallest absolute Gasteiger partial charge is 0.240 e. The van der Waals surface area contributed by atoms with Gasteiger partial charge in [0.2, 0.25) is 15.8 Å². The first-order valence-electron chi connectivity index (χ1n) is 7.44. The normalized spacial score (nSPS) is 16.7. The van der Waals surface area contributed by atoms with E-state index >= 15 is 0 Å². The summed E-state index contributed by atoms with van der Waals surface area (Å²) in [5.74, 6) is 0.00859. The van der Waals surface area contributed by atoms with Crippen LogP contribution in [0.4, 0.5) is 0 Å². The van der Waals surface area contributed by atoms with Gasteiger partial charge in [0.25, 0.3) is 0 Å². The summed E-state index contributed by atoms with van der Waals surface area (Å²) in [6.07, 6.45) is 0.631. The molecule has 0 saturated heterocycles. The minimum atomic E-state index is -3.68. The minimum absolute atomic E-state index is 0.103. The Morgan fingerprint density at radius 2 is 1.96 bits per heavy atom. The van der Waals surface area contributed by atoms with Crippen LogP contribution in [-0.4, -0.2) is 21.6 Å². The van der Waals surface area contributed by atoms with Gasteiger partial charge in [0.05, 0.1) is 23.1 Å². The molecule has 0 bridgehead atoms. The number of nitrogens with zero attached hydrogens (tertiary/aromatic N) is 1. The standard InChI is InChI=1S/C17H15N2O4S/c18-10-12-4-6-14(7-5-12)24(21,22)19-11-13-8-9-23-17-15(13)2-1-3-16(17)20/h1-7,13,19H,8-9,11H2. The summed E-state index contributed by atoms with van der Waals surface area (Å²) in [7, 11) is -3.68. The molecule has 24 heavy (non-hydrogen) atoms. The number of rotatable bonds is 4. The molecular weight excluding hydrogens is 328 g/mol. The van der Waals surface area contributed by atoms with Crippen LogP contribution < -0.4 is 9.46 Å². The summed E-state index contributed by atoms with van der Waals surface area (Å²) >= 11 is 0. The topological polar surface area (TPSA) is 99.1 Å². The van der Waals surface area contributed by atoms with Gasteiger partial charge in [0.1, 0.15) is 0 Å². The number of hydrogen-bond acceptors (Lipinski definition) is 4. The van der Waals surface area contributed by atoms with Crippen molar-refractivity contribution in [2.24, 2.45) is 0 Å². The Balaban J connectivity index is 1.76. The molecule has 0 fully saturated rings. The van der Waals surface area contributed by atoms with Crippen LogP contribution in [0.2, 0.25) is 0 Å². The summed E-state index contributed by atoms with van der Waals surface area (Å²) in [5.41, 5.74) is 1.13. The summed E-state index contributed by atoms with van der Waals surface area (Å²) in [4.78, 5) is 0.103. The highest BCUT2D eigenvalue weighted by Crippen LogP contribution is 2.39. The lowest BCUT2D eigenvalue weighted by atomic mass is 9.93. The lowest BCUT2D eigenvalue weighted by Crippen LogP contribution is -2.30. The maximum absolute atomic E-state index is 12.4. The van der Waals surface area contributed by atoms with E-state index < -0.39 is 10.0 Å². The number of hydrogen-bond donors (Lipinski definition) is 1. The van der Waals surface area contributed by atoms with E-state index in [1.807, 2.05) is 6.07 Å². The average molecular weight is 343 g/mol. The molecule has 0 amide bonds. The average Bonchev–Trinajstić information content (AvgIpc) is 2.60. The van der Waals surface area contributed by atoms with Crippen molar-refractivity contribution in [3.05, 3.63) is 53.6 Å². The molecule has 2 aromatic carbocycles. The van der Waals surface area contributed by atoms with Crippen molar-refractivity contribution in [1.82, 2.24) is 4.72 Å². The van der Waals surface area contributed by atoms with Crippen molar-refractivity contribution in [1.29, 1.82) is 5.26 Å². The second-order valence-electron chi connectivity index (χ2n) is 5.50. The Kier molecular flexibility index (Phi) is 4.42. The van der Waals surface area contributed by atoms with E-state index in [4.69, 9.17) is 10.00 Å². The van der Waals surface area contributed by atoms with Gasteiger partial charge >= 0.3 is 0 Å². The van der Waals surface area contributed by atoms with Gasteiger partial charge < -0.3 is 4.74 Å². The molecule has 0 saturated carbocycles. The fourth-order valence-corrected chi connectivity index (χ4v) is 3.76. The zero-order valence-electron chi connectivity index (χ0n) is 12.7. The highest BCUT2D eigenvalue weighted by Gasteiger charge is 2.26. The van der Waals surface area contributed by atoms with E-state index in [2.05, 4.69) is 4.72 Å². The molecule has 1 atom stereocenters. The van der Waals surface area contributed by atoms with E-state index in [1.54, 1.807) is 12.1 Å². The van der Waals surface area contributed by atoms with E-state index in [0.29, 0.717) is 24.3 Å². The molecule has 1 N–H and O–H groups in total. The van der Waals surface area contributed by atoms with Crippen molar-refractivity contribution >= 4 is 10.0 Å². The molecular formula is C17H15N2O4S. The molecule has 1 heterocycles. The molecule has 0 aliphatic carbocycles. The molecule has 1 aliphatic heterocycles. The second-order valence-corrected chi connectivity index (χ2v) is 7.26. The number of nitrogens with one attached hydrogen (secondary N) is 1. The Morgan fingerprint density at radius 1 is 1.21 bits per heavy atom. The number of para-hydroxylation sites is 1. The fourth-order valence-electron chi connectivity index (χ4n) is 2.68. The van der Waals surface area contributed by atoms with E-state index in [9.17, 15) is 13.5 Å². The quantitative estimate of drug-likeness (QED) is 0.922. The van der Waals surface area contributed by atoms with Gasteiger partial charge in [-0.3, -0.25) is 5.11 Å². The Hall–Kier alpha value is -2.56. The van der Waals surface area contributed by atoms with Crippen LogP contribution in [0.1, 0.15) is 23.5 Å². The number of ether oxygens (including phenoxy) is 1. The Morgan fingerprint density at radius 3 is 2.67 bits per heavy atom.